The fourth-order valence-corrected chi connectivity index (χ4v) is 3.13. The number of carboxylic acids is 1. The highest BCUT2D eigenvalue weighted by molar-refractivity contribution is 5.71. The lowest BCUT2D eigenvalue weighted by Gasteiger charge is -2.30. The average Bonchev–Trinajstić information content (AvgIpc) is 2.80. The van der Waals surface area contributed by atoms with Crippen LogP contribution in [0.2, 0.25) is 0 Å². The van der Waals surface area contributed by atoms with E-state index >= 15 is 0 Å². The summed E-state index contributed by atoms with van der Waals surface area (Å²) in [5.41, 5.74) is 1.20. The van der Waals surface area contributed by atoms with E-state index in [0.717, 1.165) is 18.7 Å². The molecule has 4 nitrogen and oxygen atoms in total. The molecule has 0 spiro atoms. The van der Waals surface area contributed by atoms with Gasteiger partial charge in [-0.05, 0) is 58.4 Å². The summed E-state index contributed by atoms with van der Waals surface area (Å²) in [6, 6.07) is 8.41. The maximum absolute atomic E-state index is 11.2. The van der Waals surface area contributed by atoms with Crippen LogP contribution in [0.4, 0.5) is 0 Å². The molecule has 2 rings (SSSR count). The van der Waals surface area contributed by atoms with Crippen LogP contribution in [0, 0.1) is 5.92 Å². The molecule has 1 aliphatic rings. The van der Waals surface area contributed by atoms with Crippen molar-refractivity contribution < 1.29 is 14.6 Å². The number of aliphatic carboxylic acids is 1. The van der Waals surface area contributed by atoms with Gasteiger partial charge >= 0.3 is 5.97 Å². The number of likely N-dealkylation sites (tertiary alicyclic amines) is 1. The zero-order valence-electron chi connectivity index (χ0n) is 13.2. The van der Waals surface area contributed by atoms with Crippen molar-refractivity contribution in [1.82, 2.24) is 4.90 Å². The van der Waals surface area contributed by atoms with Gasteiger partial charge in [0.15, 0.2) is 0 Å². The van der Waals surface area contributed by atoms with Crippen LogP contribution in [-0.2, 0) is 4.79 Å². The molecule has 3 atom stereocenters. The van der Waals surface area contributed by atoms with Gasteiger partial charge < -0.3 is 9.84 Å². The highest BCUT2D eigenvalue weighted by Crippen LogP contribution is 2.33. The molecule has 0 aliphatic carbocycles. The van der Waals surface area contributed by atoms with E-state index in [0.29, 0.717) is 0 Å². The molecule has 1 saturated heterocycles. The Morgan fingerprint density at radius 1 is 1.29 bits per heavy atom. The second-order valence-corrected chi connectivity index (χ2v) is 6.12. The molecule has 1 N–H and O–H groups in total. The van der Waals surface area contributed by atoms with Crippen molar-refractivity contribution in [2.45, 2.75) is 52.3 Å². The Hall–Kier alpha value is -1.55. The van der Waals surface area contributed by atoms with E-state index in [-0.39, 0.29) is 24.1 Å². The number of rotatable bonds is 5. The van der Waals surface area contributed by atoms with E-state index < -0.39 is 5.97 Å². The zero-order valence-corrected chi connectivity index (χ0v) is 13.2. The van der Waals surface area contributed by atoms with Crippen molar-refractivity contribution in [2.75, 3.05) is 6.54 Å². The van der Waals surface area contributed by atoms with Crippen LogP contribution >= 0.6 is 0 Å². The molecule has 1 heterocycles. The number of ether oxygens (including phenoxy) is 1. The summed E-state index contributed by atoms with van der Waals surface area (Å²) >= 11 is 0. The molecule has 116 valence electrons. The van der Waals surface area contributed by atoms with Gasteiger partial charge in [-0.1, -0.05) is 12.1 Å². The average molecular weight is 291 g/mol. The van der Waals surface area contributed by atoms with Gasteiger partial charge in [0, 0.05) is 12.1 Å². The number of nitrogens with zero attached hydrogens (tertiary/aromatic N) is 1. The fraction of sp³-hybridized carbons (Fsp3) is 0.588. The number of carbonyl (C=O) groups is 1. The first-order valence-electron chi connectivity index (χ1n) is 7.65. The fourth-order valence-electron chi connectivity index (χ4n) is 3.13. The molecule has 1 aliphatic heterocycles. The Bertz CT molecular complexity index is 483. The van der Waals surface area contributed by atoms with Gasteiger partial charge in [0.2, 0.25) is 0 Å². The third kappa shape index (κ3) is 3.56. The maximum Gasteiger partial charge on any atom is 0.308 e. The minimum Gasteiger partial charge on any atom is -0.491 e. The number of carboxylic acid groups (broad SMARTS) is 1. The Morgan fingerprint density at radius 2 is 1.90 bits per heavy atom. The zero-order chi connectivity index (χ0) is 15.6. The Morgan fingerprint density at radius 3 is 2.38 bits per heavy atom. The van der Waals surface area contributed by atoms with Gasteiger partial charge in [0.05, 0.1) is 12.0 Å². The SMILES string of the molecule is CC(C)Oc1ccc(C(C)N2CCC(C(=O)O)C2C)cc1. The number of benzene rings is 1. The summed E-state index contributed by atoms with van der Waals surface area (Å²) in [5.74, 6) is -0.0623. The van der Waals surface area contributed by atoms with Crippen molar-refractivity contribution in [3.05, 3.63) is 29.8 Å². The lowest BCUT2D eigenvalue weighted by Crippen LogP contribution is -2.34. The first-order chi connectivity index (χ1) is 9.90. The summed E-state index contributed by atoms with van der Waals surface area (Å²) in [6.07, 6.45) is 0.901. The summed E-state index contributed by atoms with van der Waals surface area (Å²) in [7, 11) is 0. The monoisotopic (exact) mass is 291 g/mol. The molecule has 1 aromatic rings. The predicted octanol–water partition coefficient (Wildman–Crippen LogP) is 3.33. The Kier molecular flexibility index (Phi) is 4.88. The highest BCUT2D eigenvalue weighted by atomic mass is 16.5. The van der Waals surface area contributed by atoms with Crippen LogP contribution in [0.3, 0.4) is 0 Å². The number of hydrogen-bond acceptors (Lipinski definition) is 3. The lowest BCUT2D eigenvalue weighted by molar-refractivity contribution is -0.142. The van der Waals surface area contributed by atoms with Crippen molar-refractivity contribution in [3.63, 3.8) is 0 Å². The van der Waals surface area contributed by atoms with E-state index in [1.165, 1.54) is 5.56 Å². The molecule has 21 heavy (non-hydrogen) atoms. The first-order valence-corrected chi connectivity index (χ1v) is 7.65. The van der Waals surface area contributed by atoms with Crippen molar-refractivity contribution in [3.8, 4) is 5.75 Å². The highest BCUT2D eigenvalue weighted by Gasteiger charge is 2.37. The van der Waals surface area contributed by atoms with Crippen molar-refractivity contribution in [2.24, 2.45) is 5.92 Å². The van der Waals surface area contributed by atoms with E-state index in [1.54, 1.807) is 0 Å². The molecule has 1 fully saturated rings. The van der Waals surface area contributed by atoms with Crippen LogP contribution in [0.1, 0.15) is 45.7 Å². The largest absolute Gasteiger partial charge is 0.491 e. The summed E-state index contributed by atoms with van der Waals surface area (Å²) < 4.78 is 5.65. The molecular formula is C17H25NO3. The minimum atomic E-state index is -0.683. The molecule has 0 amide bonds. The van der Waals surface area contributed by atoms with E-state index in [9.17, 15) is 9.90 Å². The van der Waals surface area contributed by atoms with Gasteiger partial charge in [-0.2, -0.15) is 0 Å². The van der Waals surface area contributed by atoms with Crippen LogP contribution in [0.25, 0.3) is 0 Å². The molecule has 0 aromatic heterocycles. The van der Waals surface area contributed by atoms with E-state index in [1.807, 2.05) is 32.9 Å². The topological polar surface area (TPSA) is 49.8 Å². The molecule has 0 bridgehead atoms. The normalized spacial score (nSPS) is 24.2. The van der Waals surface area contributed by atoms with Gasteiger partial charge in [-0.3, -0.25) is 9.69 Å². The summed E-state index contributed by atoms with van der Waals surface area (Å²) in [5, 5.41) is 9.23. The quantitative estimate of drug-likeness (QED) is 0.904. The van der Waals surface area contributed by atoms with E-state index in [4.69, 9.17) is 4.74 Å². The third-order valence-electron chi connectivity index (χ3n) is 4.35. The molecule has 0 saturated carbocycles. The Labute approximate surface area is 126 Å². The Balaban J connectivity index is 2.06. The van der Waals surface area contributed by atoms with Crippen LogP contribution in [-0.4, -0.2) is 34.7 Å². The molecule has 0 radical (unpaired) electrons. The van der Waals surface area contributed by atoms with Crippen molar-refractivity contribution >= 4 is 5.97 Å². The predicted molar refractivity (Wildman–Crippen MR) is 82.5 cm³/mol. The minimum absolute atomic E-state index is 0.0732. The molecule has 3 unspecified atom stereocenters. The van der Waals surface area contributed by atoms with Gasteiger partial charge in [-0.25, -0.2) is 0 Å². The smallest absolute Gasteiger partial charge is 0.308 e. The van der Waals surface area contributed by atoms with Gasteiger partial charge in [0.1, 0.15) is 5.75 Å². The second kappa shape index (κ2) is 6.48. The maximum atomic E-state index is 11.2. The van der Waals surface area contributed by atoms with Crippen LogP contribution < -0.4 is 4.74 Å². The summed E-state index contributed by atoms with van der Waals surface area (Å²) in [6.45, 7) is 9.00. The van der Waals surface area contributed by atoms with Crippen molar-refractivity contribution in [1.29, 1.82) is 0 Å². The number of hydrogen-bond donors (Lipinski definition) is 1. The lowest BCUT2D eigenvalue weighted by atomic mass is 10.0. The molecule has 1 aromatic carbocycles. The molecule has 4 heteroatoms. The summed E-state index contributed by atoms with van der Waals surface area (Å²) in [4.78, 5) is 13.5. The van der Waals surface area contributed by atoms with Crippen LogP contribution in [0.5, 0.6) is 5.75 Å². The first kappa shape index (κ1) is 15.8. The van der Waals surface area contributed by atoms with Crippen LogP contribution in [0.15, 0.2) is 24.3 Å². The molecular weight excluding hydrogens is 266 g/mol. The van der Waals surface area contributed by atoms with Gasteiger partial charge in [0.25, 0.3) is 0 Å². The standard InChI is InChI=1S/C17H25NO3/c1-11(2)21-15-7-5-14(6-8-15)12(3)18-10-9-16(13(18)4)17(19)20/h5-8,11-13,16H,9-10H2,1-4H3,(H,19,20). The third-order valence-corrected chi connectivity index (χ3v) is 4.35. The van der Waals surface area contributed by atoms with Gasteiger partial charge in [-0.15, -0.1) is 0 Å². The van der Waals surface area contributed by atoms with E-state index in [2.05, 4.69) is 24.0 Å². The second-order valence-electron chi connectivity index (χ2n) is 6.12.